The largest absolute Gasteiger partial charge is 0.327 e. The number of halogens is 2. The van der Waals surface area contributed by atoms with Gasteiger partial charge in [0.2, 0.25) is 0 Å². The maximum absolute atomic E-state index is 13.4. The van der Waals surface area contributed by atoms with E-state index in [9.17, 15) is 13.6 Å². The summed E-state index contributed by atoms with van der Waals surface area (Å²) in [5, 5.41) is 2.44. The second-order valence-electron chi connectivity index (χ2n) is 5.30. The van der Waals surface area contributed by atoms with Gasteiger partial charge in [-0.2, -0.15) is 0 Å². The van der Waals surface area contributed by atoms with E-state index in [2.05, 4.69) is 12.2 Å². The van der Waals surface area contributed by atoms with Gasteiger partial charge in [0.05, 0.1) is 18.8 Å². The average Bonchev–Trinajstić information content (AvgIpc) is 2.34. The number of rotatable bonds is 3. The first kappa shape index (κ1) is 13.9. The molecule has 1 heterocycles. The van der Waals surface area contributed by atoms with Gasteiger partial charge in [0.25, 0.3) is 5.91 Å². The van der Waals surface area contributed by atoms with Crippen molar-refractivity contribution in [3.63, 3.8) is 0 Å². The van der Waals surface area contributed by atoms with Crippen LogP contribution in [0.25, 0.3) is 0 Å². The predicted molar refractivity (Wildman–Crippen MR) is 68.9 cm³/mol. The number of benzene rings is 1. The molecule has 2 rings (SSSR count). The Morgan fingerprint density at radius 1 is 1.47 bits per heavy atom. The Kier molecular flexibility index (Phi) is 4.47. The fourth-order valence-electron chi connectivity index (χ4n) is 2.57. The van der Waals surface area contributed by atoms with Crippen molar-refractivity contribution in [3.05, 3.63) is 29.8 Å². The van der Waals surface area contributed by atoms with Gasteiger partial charge in [0.15, 0.2) is 6.54 Å². The van der Waals surface area contributed by atoms with Crippen LogP contribution in [0.3, 0.4) is 0 Å². The van der Waals surface area contributed by atoms with Gasteiger partial charge >= 0.3 is 0 Å². The highest BCUT2D eigenvalue weighted by Crippen LogP contribution is 2.14. The van der Waals surface area contributed by atoms with E-state index in [0.717, 1.165) is 37.7 Å². The molecule has 3 nitrogen and oxygen atoms in total. The molecule has 1 fully saturated rings. The van der Waals surface area contributed by atoms with Crippen LogP contribution in [0.15, 0.2) is 18.2 Å². The monoisotopic (exact) mass is 269 g/mol. The lowest BCUT2D eigenvalue weighted by molar-refractivity contribution is -0.900. The van der Waals surface area contributed by atoms with Gasteiger partial charge in [-0.05, 0) is 25.0 Å². The van der Waals surface area contributed by atoms with Gasteiger partial charge in [-0.25, -0.2) is 8.78 Å². The van der Waals surface area contributed by atoms with E-state index >= 15 is 0 Å². The molecule has 19 heavy (non-hydrogen) atoms. The summed E-state index contributed by atoms with van der Waals surface area (Å²) in [7, 11) is 0. The standard InChI is InChI=1S/C14H18F2N2O/c1-10-3-2-6-18(8-10)9-14(19)17-13-7-11(15)4-5-12(13)16/h4-5,7,10H,2-3,6,8-9H2,1H3,(H,17,19)/p+1/t10-/m0/s1. The summed E-state index contributed by atoms with van der Waals surface area (Å²) >= 11 is 0. The number of carbonyl (C=O) groups is 1. The second kappa shape index (κ2) is 6.10. The second-order valence-corrected chi connectivity index (χ2v) is 5.30. The maximum atomic E-state index is 13.4. The number of anilines is 1. The lowest BCUT2D eigenvalue weighted by atomic mass is 10.0. The molecular weight excluding hydrogens is 250 g/mol. The van der Waals surface area contributed by atoms with Crippen LogP contribution < -0.4 is 10.2 Å². The summed E-state index contributed by atoms with van der Waals surface area (Å²) < 4.78 is 26.4. The molecule has 1 saturated heterocycles. The first-order valence-electron chi connectivity index (χ1n) is 6.63. The Morgan fingerprint density at radius 2 is 2.26 bits per heavy atom. The van der Waals surface area contributed by atoms with E-state index in [4.69, 9.17) is 0 Å². The molecule has 0 spiro atoms. The van der Waals surface area contributed by atoms with Crippen LogP contribution in [0.4, 0.5) is 14.5 Å². The summed E-state index contributed by atoms with van der Waals surface area (Å²) in [6.07, 6.45) is 2.31. The van der Waals surface area contributed by atoms with E-state index in [1.165, 1.54) is 11.3 Å². The molecule has 2 atom stereocenters. The molecule has 2 N–H and O–H groups in total. The van der Waals surface area contributed by atoms with Gasteiger partial charge in [-0.3, -0.25) is 4.79 Å². The van der Waals surface area contributed by atoms with Gasteiger partial charge in [0, 0.05) is 12.0 Å². The molecule has 0 radical (unpaired) electrons. The van der Waals surface area contributed by atoms with Crippen molar-refractivity contribution in [1.82, 2.24) is 0 Å². The maximum Gasteiger partial charge on any atom is 0.279 e. The van der Waals surface area contributed by atoms with Crippen LogP contribution in [0.2, 0.25) is 0 Å². The van der Waals surface area contributed by atoms with Crippen molar-refractivity contribution >= 4 is 11.6 Å². The predicted octanol–water partition coefficient (Wildman–Crippen LogP) is 1.22. The van der Waals surface area contributed by atoms with Crippen molar-refractivity contribution in [2.24, 2.45) is 5.92 Å². The molecular formula is C14H19F2N2O+. The van der Waals surface area contributed by atoms with E-state index in [1.807, 2.05) is 0 Å². The van der Waals surface area contributed by atoms with Crippen LogP contribution in [0, 0.1) is 17.6 Å². The highest BCUT2D eigenvalue weighted by atomic mass is 19.1. The Labute approximate surface area is 111 Å². The molecule has 1 aromatic carbocycles. The summed E-state index contributed by atoms with van der Waals surface area (Å²) in [6.45, 7) is 4.39. The number of likely N-dealkylation sites (tertiary alicyclic amines) is 1. The fraction of sp³-hybridized carbons (Fsp3) is 0.500. The third-order valence-electron chi connectivity index (χ3n) is 3.48. The van der Waals surface area contributed by atoms with Gasteiger partial charge in [-0.1, -0.05) is 6.92 Å². The van der Waals surface area contributed by atoms with Crippen LogP contribution in [0.5, 0.6) is 0 Å². The van der Waals surface area contributed by atoms with E-state index in [-0.39, 0.29) is 11.6 Å². The summed E-state index contributed by atoms with van der Waals surface area (Å²) in [5.74, 6) is -0.830. The topological polar surface area (TPSA) is 33.5 Å². The van der Waals surface area contributed by atoms with Crippen LogP contribution >= 0.6 is 0 Å². The van der Waals surface area contributed by atoms with Crippen molar-refractivity contribution in [3.8, 4) is 0 Å². The summed E-state index contributed by atoms with van der Waals surface area (Å²) in [6, 6.07) is 3.05. The zero-order valence-corrected chi connectivity index (χ0v) is 11.0. The Hall–Kier alpha value is -1.49. The first-order valence-corrected chi connectivity index (χ1v) is 6.63. The van der Waals surface area contributed by atoms with Crippen LogP contribution in [-0.4, -0.2) is 25.5 Å². The Balaban J connectivity index is 1.92. The van der Waals surface area contributed by atoms with Crippen LogP contribution in [0.1, 0.15) is 19.8 Å². The lowest BCUT2D eigenvalue weighted by Gasteiger charge is -2.27. The third-order valence-corrected chi connectivity index (χ3v) is 3.48. The van der Waals surface area contributed by atoms with Crippen molar-refractivity contribution < 1.29 is 18.5 Å². The average molecular weight is 269 g/mol. The van der Waals surface area contributed by atoms with E-state index in [1.54, 1.807) is 0 Å². The number of nitrogens with one attached hydrogen (secondary N) is 2. The fourth-order valence-corrected chi connectivity index (χ4v) is 2.57. The smallest absolute Gasteiger partial charge is 0.279 e. The zero-order chi connectivity index (χ0) is 13.8. The van der Waals surface area contributed by atoms with E-state index in [0.29, 0.717) is 12.5 Å². The highest BCUT2D eigenvalue weighted by molar-refractivity contribution is 5.91. The lowest BCUT2D eigenvalue weighted by Crippen LogP contribution is -3.14. The highest BCUT2D eigenvalue weighted by Gasteiger charge is 2.22. The molecule has 0 saturated carbocycles. The number of quaternary nitrogens is 1. The number of carbonyl (C=O) groups excluding carboxylic acids is 1. The first-order chi connectivity index (χ1) is 9.04. The minimum Gasteiger partial charge on any atom is -0.327 e. The number of amides is 1. The Bertz CT molecular complexity index is 465. The molecule has 0 bridgehead atoms. The molecule has 1 amide bonds. The number of hydrogen-bond acceptors (Lipinski definition) is 1. The molecule has 1 aliphatic heterocycles. The minimum atomic E-state index is -0.614. The van der Waals surface area contributed by atoms with Crippen molar-refractivity contribution in [2.75, 3.05) is 25.0 Å². The SMILES string of the molecule is C[C@H]1CCC[NH+](CC(=O)Nc2cc(F)ccc2F)C1. The molecule has 5 heteroatoms. The van der Waals surface area contributed by atoms with Gasteiger partial charge < -0.3 is 10.2 Å². The van der Waals surface area contributed by atoms with Crippen molar-refractivity contribution in [1.29, 1.82) is 0 Å². The normalized spacial score (nSPS) is 23.1. The molecule has 1 aromatic rings. The molecule has 1 unspecified atom stereocenters. The summed E-state index contributed by atoms with van der Waals surface area (Å²) in [4.78, 5) is 13.0. The van der Waals surface area contributed by atoms with Gasteiger partial charge in [-0.15, -0.1) is 0 Å². The Morgan fingerprint density at radius 3 is 3.00 bits per heavy atom. The summed E-state index contributed by atoms with van der Waals surface area (Å²) in [5.41, 5.74) is -0.0885. The van der Waals surface area contributed by atoms with E-state index < -0.39 is 11.6 Å². The third kappa shape index (κ3) is 3.99. The van der Waals surface area contributed by atoms with Crippen molar-refractivity contribution in [2.45, 2.75) is 19.8 Å². The molecule has 0 aliphatic carbocycles. The number of piperidine rings is 1. The molecule has 1 aliphatic rings. The minimum absolute atomic E-state index is 0.0885. The number of hydrogen-bond donors (Lipinski definition) is 2. The quantitative estimate of drug-likeness (QED) is 0.850. The van der Waals surface area contributed by atoms with Crippen LogP contribution in [-0.2, 0) is 4.79 Å². The molecule has 104 valence electrons. The zero-order valence-electron chi connectivity index (χ0n) is 11.0. The molecule has 0 aromatic heterocycles. The van der Waals surface area contributed by atoms with Gasteiger partial charge in [0.1, 0.15) is 11.6 Å².